The lowest BCUT2D eigenvalue weighted by atomic mass is 10.1. The van der Waals surface area contributed by atoms with Crippen molar-refractivity contribution in [3.05, 3.63) is 0 Å². The number of carbonyl (C=O) groups is 1. The first-order chi connectivity index (χ1) is 8.24. The molecule has 0 spiro atoms. The summed E-state index contributed by atoms with van der Waals surface area (Å²) in [5.41, 5.74) is 0. The average Bonchev–Trinajstić information content (AvgIpc) is 2.32. The number of carbonyl (C=O) groups excluding carboxylic acids is 1. The zero-order valence-electron chi connectivity index (χ0n) is 10.6. The maximum absolute atomic E-state index is 11.4. The summed E-state index contributed by atoms with van der Waals surface area (Å²) >= 11 is 5.54. The summed E-state index contributed by atoms with van der Waals surface area (Å²) < 4.78 is 10.4. The van der Waals surface area contributed by atoms with Crippen molar-refractivity contribution >= 4 is 17.4 Å². The second-order valence-electron chi connectivity index (χ2n) is 3.43. The Morgan fingerprint density at radius 2 is 1.82 bits per heavy atom. The lowest BCUT2D eigenvalue weighted by Crippen LogP contribution is -2.15. The van der Waals surface area contributed by atoms with E-state index in [1.807, 2.05) is 13.8 Å². The van der Waals surface area contributed by atoms with Crippen molar-refractivity contribution in [2.45, 2.75) is 45.8 Å². The van der Waals surface area contributed by atoms with Crippen molar-refractivity contribution < 1.29 is 14.3 Å². The Kier molecular flexibility index (Phi) is 11.5. The molecule has 98 valence electrons. The zero-order valence-corrected chi connectivity index (χ0v) is 11.4. The largest absolute Gasteiger partial charge is 0.342 e. The lowest BCUT2D eigenvalue weighted by Gasteiger charge is -2.09. The standard InChI is InChI=1S/C13H21ClO3/c1-3-16-13(17-4-2)10-9-12(15)8-6-5-7-11-14/h13H,3-8,11H2,1-2H3. The molecule has 0 unspecified atom stereocenters. The molecule has 4 heteroatoms. The van der Waals surface area contributed by atoms with Gasteiger partial charge >= 0.3 is 0 Å². The molecular formula is C13H21ClO3. The molecule has 0 aliphatic carbocycles. The van der Waals surface area contributed by atoms with Gasteiger partial charge in [0.25, 0.3) is 0 Å². The van der Waals surface area contributed by atoms with Gasteiger partial charge in [-0.25, -0.2) is 0 Å². The van der Waals surface area contributed by atoms with Gasteiger partial charge in [0.15, 0.2) is 0 Å². The van der Waals surface area contributed by atoms with Crippen molar-refractivity contribution in [2.24, 2.45) is 0 Å². The van der Waals surface area contributed by atoms with E-state index < -0.39 is 6.29 Å². The highest BCUT2D eigenvalue weighted by Gasteiger charge is 2.03. The summed E-state index contributed by atoms with van der Waals surface area (Å²) in [7, 11) is 0. The van der Waals surface area contributed by atoms with Crippen molar-refractivity contribution in [2.75, 3.05) is 19.1 Å². The molecule has 0 aliphatic heterocycles. The molecule has 17 heavy (non-hydrogen) atoms. The minimum absolute atomic E-state index is 0.0658. The topological polar surface area (TPSA) is 35.5 Å². The first kappa shape index (κ1) is 16.4. The van der Waals surface area contributed by atoms with Crippen molar-refractivity contribution in [1.29, 1.82) is 0 Å². The normalized spacial score (nSPS) is 10.1. The van der Waals surface area contributed by atoms with Crippen LogP contribution in [0.2, 0.25) is 0 Å². The van der Waals surface area contributed by atoms with Crippen LogP contribution in [0, 0.1) is 11.8 Å². The van der Waals surface area contributed by atoms with E-state index >= 15 is 0 Å². The molecule has 0 fully saturated rings. The SMILES string of the molecule is CCOC(C#CC(=O)CCCCCCl)OCC. The van der Waals surface area contributed by atoms with Gasteiger partial charge in [-0.15, -0.1) is 11.6 Å². The minimum atomic E-state index is -0.586. The van der Waals surface area contributed by atoms with Crippen LogP contribution in [0.15, 0.2) is 0 Å². The third-order valence-corrected chi connectivity index (χ3v) is 2.27. The molecular weight excluding hydrogens is 240 g/mol. The molecule has 0 heterocycles. The Labute approximate surface area is 109 Å². The Bertz CT molecular complexity index is 249. The van der Waals surface area contributed by atoms with Crippen LogP contribution < -0.4 is 0 Å². The van der Waals surface area contributed by atoms with Crippen LogP contribution in [-0.2, 0) is 14.3 Å². The molecule has 0 atom stereocenters. The van der Waals surface area contributed by atoms with E-state index in [2.05, 4.69) is 11.8 Å². The van der Waals surface area contributed by atoms with Crippen LogP contribution >= 0.6 is 11.6 Å². The molecule has 0 saturated carbocycles. The first-order valence-electron chi connectivity index (χ1n) is 6.08. The minimum Gasteiger partial charge on any atom is -0.342 e. The van der Waals surface area contributed by atoms with E-state index in [1.54, 1.807) is 0 Å². The Morgan fingerprint density at radius 1 is 1.18 bits per heavy atom. The van der Waals surface area contributed by atoms with Crippen LogP contribution in [0.1, 0.15) is 39.5 Å². The quantitative estimate of drug-likeness (QED) is 0.210. The highest BCUT2D eigenvalue weighted by molar-refractivity contribution is 6.17. The summed E-state index contributed by atoms with van der Waals surface area (Å²) in [6, 6.07) is 0. The molecule has 0 aromatic carbocycles. The van der Waals surface area contributed by atoms with E-state index in [4.69, 9.17) is 21.1 Å². The average molecular weight is 261 g/mol. The predicted octanol–water partition coefficient (Wildman–Crippen LogP) is 2.76. The lowest BCUT2D eigenvalue weighted by molar-refractivity contribution is -0.114. The molecule has 0 aromatic heterocycles. The number of ketones is 1. The van der Waals surface area contributed by atoms with Gasteiger partial charge in [-0.05, 0) is 38.5 Å². The number of rotatable bonds is 9. The van der Waals surface area contributed by atoms with Crippen LogP contribution in [-0.4, -0.2) is 31.2 Å². The van der Waals surface area contributed by atoms with Crippen molar-refractivity contribution in [1.82, 2.24) is 0 Å². The molecule has 3 nitrogen and oxygen atoms in total. The zero-order chi connectivity index (χ0) is 12.9. The van der Waals surface area contributed by atoms with Gasteiger partial charge in [0.05, 0.1) is 0 Å². The van der Waals surface area contributed by atoms with Gasteiger partial charge in [0.2, 0.25) is 12.1 Å². The van der Waals surface area contributed by atoms with E-state index in [9.17, 15) is 4.79 Å². The summed E-state index contributed by atoms with van der Waals surface area (Å²) in [5, 5.41) is 0. The Balaban J connectivity index is 3.89. The second-order valence-corrected chi connectivity index (χ2v) is 3.81. The number of hydrogen-bond acceptors (Lipinski definition) is 3. The van der Waals surface area contributed by atoms with Gasteiger partial charge in [-0.1, -0.05) is 6.42 Å². The fourth-order valence-corrected chi connectivity index (χ4v) is 1.38. The number of halogens is 1. The number of Topliss-reactive ketones (excluding diaryl/α,β-unsaturated/α-hetero) is 1. The number of unbranched alkanes of at least 4 members (excludes halogenated alkanes) is 2. The van der Waals surface area contributed by atoms with Crippen LogP contribution in [0.4, 0.5) is 0 Å². The number of ether oxygens (including phenoxy) is 2. The molecule has 0 saturated heterocycles. The van der Waals surface area contributed by atoms with Gasteiger partial charge in [-0.2, -0.15) is 0 Å². The van der Waals surface area contributed by atoms with E-state index in [0.717, 1.165) is 19.3 Å². The van der Waals surface area contributed by atoms with Crippen molar-refractivity contribution in [3.63, 3.8) is 0 Å². The highest BCUT2D eigenvalue weighted by atomic mass is 35.5. The summed E-state index contributed by atoms with van der Waals surface area (Å²) in [4.78, 5) is 11.4. The van der Waals surface area contributed by atoms with Crippen LogP contribution in [0.3, 0.4) is 0 Å². The molecule has 0 N–H and O–H groups in total. The molecule has 0 aliphatic rings. The molecule has 0 radical (unpaired) electrons. The van der Waals surface area contributed by atoms with E-state index in [0.29, 0.717) is 25.5 Å². The molecule has 0 aromatic rings. The second kappa shape index (κ2) is 11.9. The number of alkyl halides is 1. The number of hydrogen-bond donors (Lipinski definition) is 0. The molecule has 0 amide bonds. The third-order valence-electron chi connectivity index (χ3n) is 2.00. The fourth-order valence-electron chi connectivity index (χ4n) is 1.19. The molecule has 0 rings (SSSR count). The predicted molar refractivity (Wildman–Crippen MR) is 69.0 cm³/mol. The Hall–Kier alpha value is -0.560. The Morgan fingerprint density at radius 3 is 2.35 bits per heavy atom. The summed E-state index contributed by atoms with van der Waals surface area (Å²) in [6.45, 7) is 4.76. The van der Waals surface area contributed by atoms with Crippen LogP contribution in [0.25, 0.3) is 0 Å². The summed E-state index contributed by atoms with van der Waals surface area (Å²) in [5.74, 6) is 5.83. The summed E-state index contributed by atoms with van der Waals surface area (Å²) in [6.07, 6.45) is 2.65. The van der Waals surface area contributed by atoms with Gasteiger partial charge in [-0.3, -0.25) is 4.79 Å². The van der Waals surface area contributed by atoms with Gasteiger partial charge < -0.3 is 9.47 Å². The van der Waals surface area contributed by atoms with Crippen LogP contribution in [0.5, 0.6) is 0 Å². The van der Waals surface area contributed by atoms with Gasteiger partial charge in [0, 0.05) is 25.5 Å². The third kappa shape index (κ3) is 10.3. The van der Waals surface area contributed by atoms with Gasteiger partial charge in [0.1, 0.15) is 0 Å². The van der Waals surface area contributed by atoms with Crippen molar-refractivity contribution in [3.8, 4) is 11.8 Å². The maximum Gasteiger partial charge on any atom is 0.222 e. The highest BCUT2D eigenvalue weighted by Crippen LogP contribution is 2.01. The van der Waals surface area contributed by atoms with E-state index in [-0.39, 0.29) is 5.78 Å². The van der Waals surface area contributed by atoms with E-state index in [1.165, 1.54) is 0 Å². The first-order valence-corrected chi connectivity index (χ1v) is 6.61. The maximum atomic E-state index is 11.4. The fraction of sp³-hybridized carbons (Fsp3) is 0.769. The smallest absolute Gasteiger partial charge is 0.222 e. The monoisotopic (exact) mass is 260 g/mol. The molecule has 0 bridgehead atoms.